The lowest BCUT2D eigenvalue weighted by Crippen LogP contribution is -2.44. The first-order valence-electron chi connectivity index (χ1n) is 20.2. The Kier molecular flexibility index (Phi) is 13.6. The second-order valence-electron chi connectivity index (χ2n) is 15.1. The molecule has 3 atom stereocenters. The van der Waals surface area contributed by atoms with Crippen LogP contribution in [0.25, 0.3) is 33.1 Å². The molecule has 3 N–H and O–H groups in total. The molecule has 11 nitrogen and oxygen atoms in total. The van der Waals surface area contributed by atoms with Gasteiger partial charge in [-0.2, -0.15) is 0 Å². The maximum atomic E-state index is 14.1. The number of amides is 3. The van der Waals surface area contributed by atoms with Crippen LogP contribution < -0.4 is 5.32 Å². The van der Waals surface area contributed by atoms with Gasteiger partial charge in [0, 0.05) is 35.5 Å². The van der Waals surface area contributed by atoms with E-state index in [4.69, 9.17) is 9.72 Å². The average molecular weight is 792 g/mol. The lowest BCUT2D eigenvalue weighted by atomic mass is 9.96. The quantitative estimate of drug-likeness (QED) is 0.0702. The Balaban J connectivity index is 1.17. The van der Waals surface area contributed by atoms with Crippen LogP contribution in [0.3, 0.4) is 0 Å². The number of nitrogens with one attached hydrogen (secondary N) is 3. The molecule has 0 saturated carbocycles. The van der Waals surface area contributed by atoms with Gasteiger partial charge in [-0.25, -0.2) is 14.8 Å². The highest BCUT2D eigenvalue weighted by Gasteiger charge is 2.33. The van der Waals surface area contributed by atoms with E-state index in [1.165, 1.54) is 7.11 Å². The van der Waals surface area contributed by atoms with E-state index < -0.39 is 18.2 Å². The van der Waals surface area contributed by atoms with E-state index in [0.29, 0.717) is 37.4 Å². The first-order chi connectivity index (χ1) is 28.5. The highest BCUT2D eigenvalue weighted by molar-refractivity contribution is 6.04. The summed E-state index contributed by atoms with van der Waals surface area (Å²) in [5, 5.41) is 4.76. The van der Waals surface area contributed by atoms with E-state index in [2.05, 4.69) is 77.7 Å². The van der Waals surface area contributed by atoms with Crippen LogP contribution in [-0.2, 0) is 20.9 Å². The Bertz CT molecular complexity index is 2480. The Labute approximate surface area is 346 Å². The lowest BCUT2D eigenvalue weighted by Gasteiger charge is -2.32. The summed E-state index contributed by atoms with van der Waals surface area (Å²) in [6.45, 7) is 15.8. The van der Waals surface area contributed by atoms with Crippen LogP contribution in [0.4, 0.5) is 4.79 Å². The summed E-state index contributed by atoms with van der Waals surface area (Å²) in [4.78, 5) is 59.6. The summed E-state index contributed by atoms with van der Waals surface area (Å²) < 4.78 is 4.84. The van der Waals surface area contributed by atoms with Crippen molar-refractivity contribution in [1.29, 1.82) is 0 Å². The van der Waals surface area contributed by atoms with E-state index in [-0.39, 0.29) is 23.7 Å². The maximum absolute atomic E-state index is 14.1. The summed E-state index contributed by atoms with van der Waals surface area (Å²) in [6.07, 6.45) is 4.28. The first-order valence-corrected chi connectivity index (χ1v) is 20.2. The number of alkyl carbamates (subject to hydrolysis) is 1. The molecule has 0 aliphatic rings. The molecule has 11 heteroatoms. The predicted octanol–water partition coefficient (Wildman–Crippen LogP) is 9.10. The number of aromatic nitrogens is 4. The van der Waals surface area contributed by atoms with Crippen molar-refractivity contribution in [2.75, 3.05) is 20.2 Å². The molecule has 2 heterocycles. The van der Waals surface area contributed by atoms with Gasteiger partial charge < -0.3 is 29.8 Å². The Morgan fingerprint density at radius 3 is 2.27 bits per heavy atom. The van der Waals surface area contributed by atoms with Crippen molar-refractivity contribution < 1.29 is 19.1 Å². The number of benzene rings is 4. The van der Waals surface area contributed by atoms with Crippen molar-refractivity contribution in [2.45, 2.75) is 66.1 Å². The third-order valence-electron chi connectivity index (χ3n) is 10.6. The summed E-state index contributed by atoms with van der Waals surface area (Å²) in [6, 6.07) is 25.7. The molecule has 0 saturated heterocycles. The van der Waals surface area contributed by atoms with Crippen LogP contribution in [-0.4, -0.2) is 67.8 Å². The van der Waals surface area contributed by atoms with Crippen molar-refractivity contribution >= 4 is 39.7 Å². The van der Waals surface area contributed by atoms with E-state index in [1.807, 2.05) is 73.3 Å². The monoisotopic (exact) mass is 791 g/mol. The predicted molar refractivity (Wildman–Crippen MR) is 233 cm³/mol. The SMILES string of the molecule is C=C[C@@H](c1ncc(-c2ccc(C#Cc3ccc4c(ccc5[nH]c(CN(CCC)C(=O)[C@@H](C)C(C)C)nc54)c3)cc2)[nH]1)N(CCC)C(=O)[C@H](NC(=O)OC)c1ccccc1. The van der Waals surface area contributed by atoms with Gasteiger partial charge in [-0.05, 0) is 65.6 Å². The minimum Gasteiger partial charge on any atom is -0.453 e. The van der Waals surface area contributed by atoms with Crippen LogP contribution >= 0.6 is 0 Å². The molecule has 6 aromatic rings. The van der Waals surface area contributed by atoms with Crippen molar-refractivity contribution in [2.24, 2.45) is 11.8 Å². The van der Waals surface area contributed by atoms with Gasteiger partial charge in [0.1, 0.15) is 23.7 Å². The molecule has 0 aliphatic carbocycles. The molecular formula is C48H53N7O4. The molecule has 0 fully saturated rings. The number of hydrogen-bond acceptors (Lipinski definition) is 6. The number of methoxy groups -OCH3 is 1. The fraction of sp³-hybridized carbons (Fsp3) is 0.312. The van der Waals surface area contributed by atoms with E-state index >= 15 is 0 Å². The summed E-state index contributed by atoms with van der Waals surface area (Å²) in [7, 11) is 1.27. The highest BCUT2D eigenvalue weighted by Crippen LogP contribution is 2.29. The normalized spacial score (nSPS) is 12.7. The fourth-order valence-corrected chi connectivity index (χ4v) is 7.10. The number of fused-ring (bicyclic) bond motifs is 3. The van der Waals surface area contributed by atoms with E-state index in [0.717, 1.165) is 56.4 Å². The van der Waals surface area contributed by atoms with Gasteiger partial charge in [-0.15, -0.1) is 6.58 Å². The minimum atomic E-state index is -0.958. The number of rotatable bonds is 15. The fourth-order valence-electron chi connectivity index (χ4n) is 7.10. The summed E-state index contributed by atoms with van der Waals surface area (Å²) in [5.41, 5.74) is 5.88. The molecule has 0 radical (unpaired) electrons. The molecule has 0 spiro atoms. The summed E-state index contributed by atoms with van der Waals surface area (Å²) in [5.74, 6) is 8.01. The molecule has 4 aromatic carbocycles. The number of hydrogen-bond donors (Lipinski definition) is 3. The number of H-pyrrole nitrogens is 2. The number of aromatic amines is 2. The smallest absolute Gasteiger partial charge is 0.407 e. The van der Waals surface area contributed by atoms with E-state index in [9.17, 15) is 14.4 Å². The Morgan fingerprint density at radius 1 is 0.881 bits per heavy atom. The zero-order chi connectivity index (χ0) is 42.1. The average Bonchev–Trinajstić information content (AvgIpc) is 3.92. The first kappa shape index (κ1) is 41.9. The number of nitrogens with zero attached hydrogens (tertiary/aromatic N) is 4. The molecule has 3 amide bonds. The molecule has 0 unspecified atom stereocenters. The molecule has 59 heavy (non-hydrogen) atoms. The summed E-state index contributed by atoms with van der Waals surface area (Å²) >= 11 is 0. The van der Waals surface area contributed by atoms with Crippen molar-refractivity contribution in [3.8, 4) is 23.1 Å². The van der Waals surface area contributed by atoms with Crippen molar-refractivity contribution in [3.05, 3.63) is 132 Å². The molecular weight excluding hydrogens is 739 g/mol. The lowest BCUT2D eigenvalue weighted by molar-refractivity contribution is -0.137. The second-order valence-corrected chi connectivity index (χ2v) is 15.1. The van der Waals surface area contributed by atoms with Gasteiger partial charge in [0.25, 0.3) is 5.91 Å². The zero-order valence-electron chi connectivity index (χ0n) is 34.7. The van der Waals surface area contributed by atoms with Gasteiger partial charge in [0.15, 0.2) is 0 Å². The highest BCUT2D eigenvalue weighted by atomic mass is 16.5. The molecule has 0 aliphatic heterocycles. The van der Waals surface area contributed by atoms with Gasteiger partial charge >= 0.3 is 6.09 Å². The number of ether oxygens (including phenoxy) is 1. The van der Waals surface area contributed by atoms with Gasteiger partial charge in [0.2, 0.25) is 5.91 Å². The van der Waals surface area contributed by atoms with E-state index in [1.54, 1.807) is 29.3 Å². The van der Waals surface area contributed by atoms with Gasteiger partial charge in [-0.3, -0.25) is 9.59 Å². The van der Waals surface area contributed by atoms with Crippen LogP contribution in [0.2, 0.25) is 0 Å². The third-order valence-corrected chi connectivity index (χ3v) is 10.6. The second kappa shape index (κ2) is 19.2. The molecule has 2 aromatic heterocycles. The number of carbonyl (C=O) groups is 3. The maximum Gasteiger partial charge on any atom is 0.407 e. The van der Waals surface area contributed by atoms with Crippen LogP contribution in [0.5, 0.6) is 0 Å². The largest absolute Gasteiger partial charge is 0.453 e. The number of imidazole rings is 2. The third kappa shape index (κ3) is 9.73. The standard InChI is InChI=1S/C48H53N7O4/c1-8-26-54(46(56)32(6)31(4)5)30-42-50-39-25-23-37-28-34(20-24-38(37)44(39)52-42)17-16-33-18-21-35(22-19-33)40-29-49-45(51-40)41(10-3)55(27-9-2)47(57)43(53-48(58)59-7)36-14-12-11-13-15-36/h10-15,18-25,28-29,31-32,41,43H,3,8-9,26-27,30H2,1-2,4-7H3,(H,49,51)(H,50,52)(H,53,58)/t32-,41-,43+/m0/s1. The molecule has 304 valence electrons. The van der Waals surface area contributed by atoms with Crippen molar-refractivity contribution in [1.82, 2.24) is 35.1 Å². The molecule has 6 rings (SSSR count). The Hall–Kier alpha value is -6.67. The van der Waals surface area contributed by atoms with Crippen LogP contribution in [0, 0.1) is 23.7 Å². The van der Waals surface area contributed by atoms with Gasteiger partial charge in [0.05, 0.1) is 36.6 Å². The Morgan fingerprint density at radius 2 is 1.59 bits per heavy atom. The van der Waals surface area contributed by atoms with Crippen LogP contribution in [0.15, 0.2) is 104 Å². The molecule has 0 bridgehead atoms. The number of carbonyl (C=O) groups excluding carboxylic acids is 3. The minimum absolute atomic E-state index is 0.0498. The zero-order valence-corrected chi connectivity index (χ0v) is 34.7. The van der Waals surface area contributed by atoms with Crippen LogP contribution in [0.1, 0.15) is 87.9 Å². The van der Waals surface area contributed by atoms with Crippen molar-refractivity contribution in [3.63, 3.8) is 0 Å². The van der Waals surface area contributed by atoms with Gasteiger partial charge in [-0.1, -0.05) is 107 Å². The topological polar surface area (TPSA) is 136 Å².